The largest absolute Gasteiger partial charge is 0.383 e. The van der Waals surface area contributed by atoms with Crippen molar-refractivity contribution in [3.63, 3.8) is 0 Å². The zero-order chi connectivity index (χ0) is 22.4. The Balaban J connectivity index is 1.76. The number of imide groups is 1. The quantitative estimate of drug-likeness (QED) is 0.513. The van der Waals surface area contributed by atoms with Crippen molar-refractivity contribution in [1.29, 1.82) is 0 Å². The van der Waals surface area contributed by atoms with Gasteiger partial charge in [-0.05, 0) is 25.3 Å². The lowest BCUT2D eigenvalue weighted by molar-refractivity contribution is -0.118. The Morgan fingerprint density at radius 1 is 1.19 bits per heavy atom. The first-order chi connectivity index (χ1) is 14.9. The highest BCUT2D eigenvalue weighted by molar-refractivity contribution is 5.96. The molecular formula is C21H28N6O4. The minimum absolute atomic E-state index is 0.0179. The molecule has 0 aliphatic heterocycles. The summed E-state index contributed by atoms with van der Waals surface area (Å²) in [5.74, 6) is -0.611. The van der Waals surface area contributed by atoms with E-state index in [-0.39, 0.29) is 37.2 Å². The number of carbonyl (C=O) groups is 2. The van der Waals surface area contributed by atoms with Crippen molar-refractivity contribution >= 4 is 23.4 Å². The van der Waals surface area contributed by atoms with Crippen LogP contribution in [0.15, 0.2) is 39.9 Å². The molecule has 1 aromatic heterocycles. The number of H-pyrrole nitrogens is 1. The molecule has 166 valence electrons. The number of nitrogen functional groups attached to an aromatic ring is 1. The molecular weight excluding hydrogens is 400 g/mol. The molecule has 0 unspecified atom stereocenters. The number of hydrogen-bond donors (Lipinski definition) is 4. The van der Waals surface area contributed by atoms with Gasteiger partial charge >= 0.3 is 11.7 Å². The molecule has 1 heterocycles. The molecule has 0 spiro atoms. The lowest BCUT2D eigenvalue weighted by atomic mass is 10.2. The Morgan fingerprint density at radius 2 is 1.87 bits per heavy atom. The van der Waals surface area contributed by atoms with E-state index in [4.69, 9.17) is 5.73 Å². The van der Waals surface area contributed by atoms with Crippen LogP contribution in [0.2, 0.25) is 0 Å². The molecule has 31 heavy (non-hydrogen) atoms. The van der Waals surface area contributed by atoms with Crippen molar-refractivity contribution in [2.45, 2.75) is 45.2 Å². The number of urea groups is 1. The average Bonchev–Trinajstić information content (AvgIpc) is 3.23. The summed E-state index contributed by atoms with van der Waals surface area (Å²) in [7, 11) is 0. The molecule has 1 aliphatic rings. The lowest BCUT2D eigenvalue weighted by Gasteiger charge is -2.24. The second-order valence-electron chi connectivity index (χ2n) is 7.58. The highest BCUT2D eigenvalue weighted by atomic mass is 16.2. The van der Waals surface area contributed by atoms with Gasteiger partial charge in [0.2, 0.25) is 5.91 Å². The van der Waals surface area contributed by atoms with Crippen LogP contribution in [-0.4, -0.2) is 40.6 Å². The van der Waals surface area contributed by atoms with Crippen LogP contribution in [0.4, 0.5) is 16.3 Å². The molecule has 1 aromatic carbocycles. The predicted molar refractivity (Wildman–Crippen MR) is 118 cm³/mol. The van der Waals surface area contributed by atoms with Crippen LogP contribution in [0.25, 0.3) is 0 Å². The molecule has 0 atom stereocenters. The maximum atomic E-state index is 12.5. The topological polar surface area (TPSA) is 142 Å². The van der Waals surface area contributed by atoms with Gasteiger partial charge in [0.1, 0.15) is 11.5 Å². The van der Waals surface area contributed by atoms with E-state index in [0.717, 1.165) is 31.2 Å². The van der Waals surface area contributed by atoms with Crippen molar-refractivity contribution in [1.82, 2.24) is 20.2 Å². The van der Waals surface area contributed by atoms with Crippen molar-refractivity contribution in [3.8, 4) is 0 Å². The summed E-state index contributed by atoms with van der Waals surface area (Å²) in [5.41, 5.74) is 5.72. The summed E-state index contributed by atoms with van der Waals surface area (Å²) in [6.07, 6.45) is 3.92. The van der Waals surface area contributed by atoms with Crippen LogP contribution in [0.1, 0.15) is 38.2 Å². The van der Waals surface area contributed by atoms with Crippen LogP contribution in [-0.2, 0) is 11.3 Å². The Kier molecular flexibility index (Phi) is 7.11. The van der Waals surface area contributed by atoms with Crippen LogP contribution >= 0.6 is 0 Å². The number of nitrogens with one attached hydrogen (secondary N) is 3. The van der Waals surface area contributed by atoms with E-state index < -0.39 is 23.2 Å². The fraction of sp³-hybridized carbons (Fsp3) is 0.429. The Bertz CT molecular complexity index is 1040. The van der Waals surface area contributed by atoms with E-state index in [2.05, 4.69) is 15.6 Å². The summed E-state index contributed by atoms with van der Waals surface area (Å²) in [5, 5.41) is 5.07. The van der Waals surface area contributed by atoms with Gasteiger partial charge in [-0.25, -0.2) is 9.59 Å². The van der Waals surface area contributed by atoms with Crippen LogP contribution in [0, 0.1) is 0 Å². The second-order valence-corrected chi connectivity index (χ2v) is 7.58. The first kappa shape index (κ1) is 22.1. The van der Waals surface area contributed by atoms with Gasteiger partial charge in [0, 0.05) is 12.6 Å². The number of anilines is 2. The van der Waals surface area contributed by atoms with Gasteiger partial charge in [0.25, 0.3) is 5.56 Å². The van der Waals surface area contributed by atoms with Gasteiger partial charge in [-0.2, -0.15) is 0 Å². The fourth-order valence-electron chi connectivity index (χ4n) is 3.79. The van der Waals surface area contributed by atoms with Gasteiger partial charge in [-0.15, -0.1) is 0 Å². The van der Waals surface area contributed by atoms with Gasteiger partial charge in [0.05, 0.1) is 13.1 Å². The van der Waals surface area contributed by atoms with E-state index in [9.17, 15) is 19.2 Å². The number of likely N-dealkylation sites (N-methyl/N-ethyl adjacent to an activating group) is 1. The van der Waals surface area contributed by atoms with Gasteiger partial charge in [0.15, 0.2) is 0 Å². The predicted octanol–water partition coefficient (Wildman–Crippen LogP) is 0.762. The number of hydrogen-bond acceptors (Lipinski definition) is 6. The van der Waals surface area contributed by atoms with Gasteiger partial charge in [-0.3, -0.25) is 24.5 Å². The summed E-state index contributed by atoms with van der Waals surface area (Å²) in [6, 6.07) is 8.73. The van der Waals surface area contributed by atoms with Gasteiger partial charge < -0.3 is 16.0 Å². The number of nitrogens with zero attached hydrogens (tertiary/aromatic N) is 2. The van der Waals surface area contributed by atoms with Crippen molar-refractivity contribution in [2.75, 3.05) is 23.7 Å². The molecule has 0 bridgehead atoms. The smallest absolute Gasteiger partial charge is 0.330 e. The molecule has 3 rings (SSSR count). The zero-order valence-electron chi connectivity index (χ0n) is 17.5. The average molecular weight is 428 g/mol. The van der Waals surface area contributed by atoms with E-state index in [1.807, 2.05) is 30.3 Å². The van der Waals surface area contributed by atoms with Crippen LogP contribution in [0.3, 0.4) is 0 Å². The number of nitrogens with two attached hydrogens (primary N) is 1. The number of rotatable bonds is 7. The molecule has 0 saturated heterocycles. The van der Waals surface area contributed by atoms with Gasteiger partial charge in [-0.1, -0.05) is 43.2 Å². The Hall–Kier alpha value is -3.56. The third-order valence-electron chi connectivity index (χ3n) is 5.37. The van der Waals surface area contributed by atoms with Crippen LogP contribution < -0.4 is 32.5 Å². The summed E-state index contributed by atoms with van der Waals surface area (Å²) >= 11 is 0. The van der Waals surface area contributed by atoms with Crippen molar-refractivity contribution in [2.24, 2.45) is 0 Å². The second kappa shape index (κ2) is 9.96. The maximum Gasteiger partial charge on any atom is 0.330 e. The molecule has 1 fully saturated rings. The summed E-state index contributed by atoms with van der Waals surface area (Å²) < 4.78 is 1.25. The normalized spacial score (nSPS) is 13.7. The lowest BCUT2D eigenvalue weighted by Crippen LogP contribution is -2.48. The minimum atomic E-state index is -0.683. The number of amides is 3. The first-order valence-electron chi connectivity index (χ1n) is 10.4. The van der Waals surface area contributed by atoms with Crippen molar-refractivity contribution < 1.29 is 9.59 Å². The maximum absolute atomic E-state index is 12.5. The molecule has 2 aromatic rings. The van der Waals surface area contributed by atoms with Crippen LogP contribution in [0.5, 0.6) is 0 Å². The highest BCUT2D eigenvalue weighted by Gasteiger charge is 2.22. The molecule has 1 saturated carbocycles. The molecule has 10 heteroatoms. The molecule has 3 amide bonds. The molecule has 5 N–H and O–H groups in total. The number of aromatic amines is 1. The first-order valence-corrected chi connectivity index (χ1v) is 10.4. The van der Waals surface area contributed by atoms with E-state index in [1.165, 1.54) is 9.47 Å². The number of benzene rings is 1. The van der Waals surface area contributed by atoms with Crippen molar-refractivity contribution in [3.05, 3.63) is 56.7 Å². The third kappa shape index (κ3) is 5.53. The monoisotopic (exact) mass is 428 g/mol. The van der Waals surface area contributed by atoms with E-state index >= 15 is 0 Å². The Labute approximate surface area is 179 Å². The molecule has 10 nitrogen and oxygen atoms in total. The SMILES string of the molecule is CCN(CC(=O)NC(=O)NC1CCCC1)c1c(N)n(Cc2ccccc2)c(=O)[nH]c1=O. The number of aromatic nitrogens is 2. The van der Waals surface area contributed by atoms with E-state index in [1.54, 1.807) is 6.92 Å². The Morgan fingerprint density at radius 3 is 2.52 bits per heavy atom. The third-order valence-corrected chi connectivity index (χ3v) is 5.37. The highest BCUT2D eigenvalue weighted by Crippen LogP contribution is 2.18. The standard InChI is InChI=1S/C21H28N6O4/c1-2-26(13-16(28)24-20(30)23-15-10-6-7-11-15)17-18(22)27(21(31)25-19(17)29)12-14-8-4-3-5-9-14/h3-5,8-9,15H,2,6-7,10-13,22H2,1H3,(H,25,29,31)(H2,23,24,28,30). The summed E-state index contributed by atoms with van der Waals surface area (Å²) in [4.78, 5) is 53.0. The fourth-order valence-corrected chi connectivity index (χ4v) is 3.79. The minimum Gasteiger partial charge on any atom is -0.383 e. The number of carbonyl (C=O) groups excluding carboxylic acids is 2. The zero-order valence-corrected chi connectivity index (χ0v) is 17.5. The molecule has 1 aliphatic carbocycles. The van der Waals surface area contributed by atoms with E-state index in [0.29, 0.717) is 0 Å². The molecule has 0 radical (unpaired) electrons. The summed E-state index contributed by atoms with van der Waals surface area (Å²) in [6.45, 7) is 1.93.